The fraction of sp³-hybridized carbons (Fsp3) is 0.269. The van der Waals surface area contributed by atoms with E-state index in [-0.39, 0.29) is 11.5 Å². The van der Waals surface area contributed by atoms with E-state index in [1.54, 1.807) is 56.6 Å². The molecule has 1 saturated heterocycles. The second kappa shape index (κ2) is 9.27. The molecule has 180 valence electrons. The summed E-state index contributed by atoms with van der Waals surface area (Å²) in [6, 6.07) is 12.8. The van der Waals surface area contributed by atoms with E-state index in [4.69, 9.17) is 14.2 Å². The predicted molar refractivity (Wildman–Crippen MR) is 132 cm³/mol. The summed E-state index contributed by atoms with van der Waals surface area (Å²) in [6.07, 6.45) is 1.77. The Kier molecular flexibility index (Phi) is 6.00. The molecule has 5 rings (SSSR count). The third-order valence-electron chi connectivity index (χ3n) is 6.18. The van der Waals surface area contributed by atoms with Crippen molar-refractivity contribution in [1.82, 2.24) is 19.4 Å². The fourth-order valence-corrected chi connectivity index (χ4v) is 4.27. The molecule has 0 saturated carbocycles. The molecular weight excluding hydrogens is 448 g/mol. The number of methoxy groups -OCH3 is 2. The van der Waals surface area contributed by atoms with Crippen molar-refractivity contribution >= 4 is 16.9 Å². The Balaban J connectivity index is 1.53. The highest BCUT2D eigenvalue weighted by atomic mass is 16.5. The summed E-state index contributed by atoms with van der Waals surface area (Å²) in [7, 11) is 4.88. The zero-order chi connectivity index (χ0) is 24.5. The van der Waals surface area contributed by atoms with Gasteiger partial charge in [-0.05, 0) is 47.5 Å². The molecule has 0 radical (unpaired) electrons. The lowest BCUT2D eigenvalue weighted by Crippen LogP contribution is -2.40. The highest BCUT2D eigenvalue weighted by molar-refractivity contribution is 5.97. The molecule has 9 nitrogen and oxygen atoms in total. The maximum absolute atomic E-state index is 13.0. The van der Waals surface area contributed by atoms with Crippen LogP contribution in [0, 0.1) is 0 Å². The van der Waals surface area contributed by atoms with Gasteiger partial charge in [0.1, 0.15) is 5.82 Å². The normalized spacial score (nSPS) is 13.7. The number of aryl methyl sites for hydroxylation is 1. The molecule has 9 heteroatoms. The van der Waals surface area contributed by atoms with Crippen LogP contribution in [0.4, 0.5) is 0 Å². The monoisotopic (exact) mass is 474 g/mol. The lowest BCUT2D eigenvalue weighted by molar-refractivity contribution is 0.0303. The van der Waals surface area contributed by atoms with Gasteiger partial charge in [0.15, 0.2) is 11.5 Å². The first-order chi connectivity index (χ1) is 17.0. The number of nitrogens with one attached hydrogen (secondary N) is 1. The third-order valence-corrected chi connectivity index (χ3v) is 6.18. The van der Waals surface area contributed by atoms with Gasteiger partial charge in [0.25, 0.3) is 11.5 Å². The lowest BCUT2D eigenvalue weighted by atomic mass is 10.0. The van der Waals surface area contributed by atoms with Crippen LogP contribution in [0.2, 0.25) is 0 Å². The van der Waals surface area contributed by atoms with Crippen molar-refractivity contribution in [2.75, 3.05) is 40.5 Å². The molecule has 1 amide bonds. The molecule has 0 atom stereocenters. The molecule has 4 aromatic rings. The van der Waals surface area contributed by atoms with E-state index in [2.05, 4.69) is 9.97 Å². The summed E-state index contributed by atoms with van der Waals surface area (Å²) < 4.78 is 17.6. The second-order valence-corrected chi connectivity index (χ2v) is 8.35. The van der Waals surface area contributed by atoms with E-state index < -0.39 is 0 Å². The number of ether oxygens (including phenoxy) is 3. The van der Waals surface area contributed by atoms with Crippen LogP contribution in [0.15, 0.2) is 53.5 Å². The summed E-state index contributed by atoms with van der Waals surface area (Å²) in [5, 5.41) is 0. The summed E-state index contributed by atoms with van der Waals surface area (Å²) in [5.41, 5.74) is 3.88. The largest absolute Gasteiger partial charge is 0.493 e. The van der Waals surface area contributed by atoms with Crippen LogP contribution in [0.1, 0.15) is 10.4 Å². The maximum atomic E-state index is 13.0. The summed E-state index contributed by atoms with van der Waals surface area (Å²) in [5.74, 6) is 1.62. The van der Waals surface area contributed by atoms with Crippen molar-refractivity contribution in [3.05, 3.63) is 64.6 Å². The van der Waals surface area contributed by atoms with Crippen LogP contribution in [0.25, 0.3) is 33.5 Å². The number of carbonyl (C=O) groups is 1. The molecule has 0 spiro atoms. The van der Waals surface area contributed by atoms with Gasteiger partial charge in [0.2, 0.25) is 0 Å². The van der Waals surface area contributed by atoms with Gasteiger partial charge in [-0.15, -0.1) is 0 Å². The lowest BCUT2D eigenvalue weighted by Gasteiger charge is -2.26. The Morgan fingerprint density at radius 1 is 1.00 bits per heavy atom. The quantitative estimate of drug-likeness (QED) is 0.477. The number of nitrogens with zero attached hydrogens (tertiary/aromatic N) is 3. The van der Waals surface area contributed by atoms with Crippen LogP contribution in [-0.4, -0.2) is 65.9 Å². The highest BCUT2D eigenvalue weighted by Crippen LogP contribution is 2.33. The van der Waals surface area contributed by atoms with Gasteiger partial charge >= 0.3 is 0 Å². The SMILES string of the molecule is COc1ccc(-c2cc(-c3nc4ccc(C(=O)N5CCOCC5)cc4[nH]3)c(=O)n(C)c2)cc1OC. The van der Waals surface area contributed by atoms with Crippen molar-refractivity contribution in [2.45, 2.75) is 0 Å². The number of hydrogen-bond acceptors (Lipinski definition) is 6. The molecule has 1 aliphatic rings. The van der Waals surface area contributed by atoms with E-state index in [9.17, 15) is 9.59 Å². The van der Waals surface area contributed by atoms with Crippen LogP contribution in [0.3, 0.4) is 0 Å². The van der Waals surface area contributed by atoms with E-state index in [0.29, 0.717) is 65.8 Å². The second-order valence-electron chi connectivity index (χ2n) is 8.35. The summed E-state index contributed by atoms with van der Waals surface area (Å²) >= 11 is 0. The number of aromatic nitrogens is 3. The number of imidazole rings is 1. The number of fused-ring (bicyclic) bond motifs is 1. The average molecular weight is 475 g/mol. The van der Waals surface area contributed by atoms with Crippen molar-refractivity contribution in [3.8, 4) is 34.0 Å². The van der Waals surface area contributed by atoms with Crippen molar-refractivity contribution < 1.29 is 19.0 Å². The van der Waals surface area contributed by atoms with Crippen LogP contribution in [-0.2, 0) is 11.8 Å². The molecule has 2 aromatic carbocycles. The van der Waals surface area contributed by atoms with Crippen LogP contribution >= 0.6 is 0 Å². The maximum Gasteiger partial charge on any atom is 0.261 e. The van der Waals surface area contributed by atoms with E-state index in [0.717, 1.165) is 11.1 Å². The molecule has 3 heterocycles. The minimum absolute atomic E-state index is 0.0438. The van der Waals surface area contributed by atoms with Crippen molar-refractivity contribution in [3.63, 3.8) is 0 Å². The molecule has 0 unspecified atom stereocenters. The number of hydrogen-bond donors (Lipinski definition) is 1. The molecule has 0 aliphatic carbocycles. The topological polar surface area (TPSA) is 98.7 Å². The minimum Gasteiger partial charge on any atom is -0.493 e. The van der Waals surface area contributed by atoms with Gasteiger partial charge in [-0.2, -0.15) is 0 Å². The number of aromatic amines is 1. The van der Waals surface area contributed by atoms with E-state index in [1.807, 2.05) is 18.2 Å². The first-order valence-corrected chi connectivity index (χ1v) is 11.3. The predicted octanol–water partition coefficient (Wildman–Crippen LogP) is 3.09. The van der Waals surface area contributed by atoms with Gasteiger partial charge in [-0.3, -0.25) is 9.59 Å². The number of benzene rings is 2. The first kappa shape index (κ1) is 22.7. The average Bonchev–Trinajstić information content (AvgIpc) is 3.33. The van der Waals surface area contributed by atoms with Gasteiger partial charge in [0.05, 0.1) is 44.0 Å². The van der Waals surface area contributed by atoms with Gasteiger partial charge in [0, 0.05) is 31.9 Å². The minimum atomic E-state index is -0.183. The number of pyridine rings is 1. The van der Waals surface area contributed by atoms with Crippen molar-refractivity contribution in [2.24, 2.45) is 7.05 Å². The molecule has 0 bridgehead atoms. The number of carbonyl (C=O) groups excluding carboxylic acids is 1. The molecule has 1 aliphatic heterocycles. The Morgan fingerprint density at radius 2 is 1.77 bits per heavy atom. The smallest absolute Gasteiger partial charge is 0.261 e. The van der Waals surface area contributed by atoms with E-state index >= 15 is 0 Å². The fourth-order valence-electron chi connectivity index (χ4n) is 4.27. The zero-order valence-corrected chi connectivity index (χ0v) is 19.8. The molecule has 2 aromatic heterocycles. The number of morpholine rings is 1. The highest BCUT2D eigenvalue weighted by Gasteiger charge is 2.20. The molecular formula is C26H26N4O5. The molecule has 1 fully saturated rings. The number of rotatable bonds is 5. The third kappa shape index (κ3) is 4.26. The van der Waals surface area contributed by atoms with Gasteiger partial charge < -0.3 is 28.7 Å². The van der Waals surface area contributed by atoms with E-state index in [1.165, 1.54) is 4.57 Å². The first-order valence-electron chi connectivity index (χ1n) is 11.3. The van der Waals surface area contributed by atoms with Crippen LogP contribution < -0.4 is 15.0 Å². The molecule has 1 N–H and O–H groups in total. The molecule has 35 heavy (non-hydrogen) atoms. The standard InChI is InChI=1S/C26H26N4O5/c1-29-15-18(16-5-7-22(33-2)23(14-16)34-3)12-19(26(29)32)24-27-20-6-4-17(13-21(20)28-24)25(31)30-8-10-35-11-9-30/h4-7,12-15H,8-11H2,1-3H3,(H,27,28). The van der Waals surface area contributed by atoms with Crippen molar-refractivity contribution in [1.29, 1.82) is 0 Å². The number of amides is 1. The Bertz CT molecular complexity index is 1470. The zero-order valence-electron chi connectivity index (χ0n) is 19.8. The van der Waals surface area contributed by atoms with Gasteiger partial charge in [-0.25, -0.2) is 4.98 Å². The Morgan fingerprint density at radius 3 is 2.51 bits per heavy atom. The Hall–Kier alpha value is -4.11. The summed E-state index contributed by atoms with van der Waals surface area (Å²) in [4.78, 5) is 35.6. The number of H-pyrrole nitrogens is 1. The van der Waals surface area contributed by atoms with Crippen LogP contribution in [0.5, 0.6) is 11.5 Å². The Labute approximate surface area is 201 Å². The summed E-state index contributed by atoms with van der Waals surface area (Å²) in [6.45, 7) is 2.23. The van der Waals surface area contributed by atoms with Gasteiger partial charge in [-0.1, -0.05) is 6.07 Å².